The highest BCUT2D eigenvalue weighted by atomic mass is 16.5. The molecule has 33 heavy (non-hydrogen) atoms. The molecule has 8 heteroatoms. The Hall–Kier alpha value is -3.26. The third kappa shape index (κ3) is 6.38. The lowest BCUT2D eigenvalue weighted by molar-refractivity contribution is -0.116. The van der Waals surface area contributed by atoms with Crippen LogP contribution in [0.4, 0.5) is 17.1 Å². The Kier molecular flexibility index (Phi) is 8.95. The quantitative estimate of drug-likeness (QED) is 0.537. The minimum Gasteiger partial charge on any atom is -0.495 e. The molecule has 2 amide bonds. The number of hydrogen-bond donors (Lipinski definition) is 2. The summed E-state index contributed by atoms with van der Waals surface area (Å²) in [6, 6.07) is 13.6. The molecule has 0 radical (unpaired) electrons. The summed E-state index contributed by atoms with van der Waals surface area (Å²) in [6.45, 7) is 5.95. The van der Waals surface area contributed by atoms with Crippen LogP contribution in [0.25, 0.3) is 0 Å². The zero-order valence-corrected chi connectivity index (χ0v) is 19.7. The fourth-order valence-corrected chi connectivity index (χ4v) is 3.96. The van der Waals surface area contributed by atoms with E-state index in [9.17, 15) is 9.59 Å². The Labute approximate surface area is 195 Å². The molecule has 0 spiro atoms. The Morgan fingerprint density at radius 1 is 0.970 bits per heavy atom. The number of carbonyl (C=O) groups excluding carboxylic acids is 2. The lowest BCUT2D eigenvalue weighted by atomic mass is 10.1. The number of hydrogen-bond acceptors (Lipinski definition) is 6. The molecule has 0 saturated carbocycles. The number of para-hydroxylation sites is 2. The third-order valence-corrected chi connectivity index (χ3v) is 5.64. The predicted octanol–water partition coefficient (Wildman–Crippen LogP) is 3.14. The van der Waals surface area contributed by atoms with Crippen LogP contribution in [-0.2, 0) is 9.53 Å². The van der Waals surface area contributed by atoms with Crippen molar-refractivity contribution < 1.29 is 19.1 Å². The van der Waals surface area contributed by atoms with Gasteiger partial charge in [0.2, 0.25) is 5.91 Å². The van der Waals surface area contributed by atoms with Gasteiger partial charge in [-0.1, -0.05) is 19.1 Å². The lowest BCUT2D eigenvalue weighted by Crippen LogP contribution is -2.47. The van der Waals surface area contributed by atoms with Gasteiger partial charge in [0.25, 0.3) is 5.91 Å². The van der Waals surface area contributed by atoms with E-state index >= 15 is 0 Å². The Morgan fingerprint density at radius 2 is 1.67 bits per heavy atom. The number of carbonyl (C=O) groups is 2. The standard InChI is InChI=1S/C25H34N4O4/c1-4-7-24(30)27-19-10-11-21(20(18-19)25(31)26-12-17-32-2)28-13-15-29(16-14-28)22-8-5-6-9-23(22)33-3/h5-6,8-11,18H,4,7,12-17H2,1-3H3,(H,26,31)(H,27,30). The van der Waals surface area contributed by atoms with Crippen LogP contribution in [0.5, 0.6) is 5.75 Å². The lowest BCUT2D eigenvalue weighted by Gasteiger charge is -2.38. The van der Waals surface area contributed by atoms with Crippen molar-refractivity contribution in [1.82, 2.24) is 5.32 Å². The van der Waals surface area contributed by atoms with Crippen LogP contribution >= 0.6 is 0 Å². The summed E-state index contributed by atoms with van der Waals surface area (Å²) in [5.41, 5.74) is 3.11. The van der Waals surface area contributed by atoms with E-state index in [0.29, 0.717) is 30.8 Å². The highest BCUT2D eigenvalue weighted by Crippen LogP contribution is 2.31. The highest BCUT2D eigenvalue weighted by molar-refractivity contribution is 6.02. The normalized spacial score (nSPS) is 13.5. The summed E-state index contributed by atoms with van der Waals surface area (Å²) in [7, 11) is 3.28. The molecule has 1 aliphatic rings. The van der Waals surface area contributed by atoms with Gasteiger partial charge >= 0.3 is 0 Å². The van der Waals surface area contributed by atoms with Crippen molar-refractivity contribution in [3.05, 3.63) is 48.0 Å². The first-order chi connectivity index (χ1) is 16.1. The average Bonchev–Trinajstić information content (AvgIpc) is 2.84. The first kappa shape index (κ1) is 24.4. The summed E-state index contributed by atoms with van der Waals surface area (Å²) in [6.07, 6.45) is 1.22. The SMILES string of the molecule is CCCC(=O)Nc1ccc(N2CCN(c3ccccc3OC)CC2)c(C(=O)NCCOC)c1. The largest absolute Gasteiger partial charge is 0.495 e. The van der Waals surface area contributed by atoms with Gasteiger partial charge in [-0.25, -0.2) is 0 Å². The highest BCUT2D eigenvalue weighted by Gasteiger charge is 2.23. The van der Waals surface area contributed by atoms with E-state index in [1.165, 1.54) is 0 Å². The zero-order valence-electron chi connectivity index (χ0n) is 19.7. The van der Waals surface area contributed by atoms with E-state index < -0.39 is 0 Å². The fourth-order valence-electron chi connectivity index (χ4n) is 3.96. The van der Waals surface area contributed by atoms with E-state index in [1.807, 2.05) is 37.3 Å². The van der Waals surface area contributed by atoms with Crippen molar-refractivity contribution in [1.29, 1.82) is 0 Å². The third-order valence-electron chi connectivity index (χ3n) is 5.64. The molecule has 2 aromatic rings. The summed E-state index contributed by atoms with van der Waals surface area (Å²) >= 11 is 0. The van der Waals surface area contributed by atoms with Crippen LogP contribution in [0.2, 0.25) is 0 Å². The van der Waals surface area contributed by atoms with Gasteiger partial charge in [0, 0.05) is 57.6 Å². The van der Waals surface area contributed by atoms with Gasteiger partial charge in [-0.2, -0.15) is 0 Å². The number of methoxy groups -OCH3 is 2. The van der Waals surface area contributed by atoms with Crippen LogP contribution in [0, 0.1) is 0 Å². The molecule has 2 N–H and O–H groups in total. The van der Waals surface area contributed by atoms with Gasteiger partial charge in [0.05, 0.1) is 25.0 Å². The van der Waals surface area contributed by atoms with Gasteiger partial charge < -0.3 is 29.9 Å². The molecule has 1 aliphatic heterocycles. The number of rotatable bonds is 10. The first-order valence-electron chi connectivity index (χ1n) is 11.4. The van der Waals surface area contributed by atoms with Crippen LogP contribution in [-0.4, -0.2) is 65.4 Å². The minimum absolute atomic E-state index is 0.0542. The first-order valence-corrected chi connectivity index (χ1v) is 11.4. The maximum atomic E-state index is 13.0. The second-order valence-electron chi connectivity index (χ2n) is 7.92. The van der Waals surface area contributed by atoms with Crippen LogP contribution < -0.4 is 25.2 Å². The number of ether oxygens (including phenoxy) is 2. The molecule has 0 bridgehead atoms. The number of amides is 2. The van der Waals surface area contributed by atoms with E-state index in [-0.39, 0.29) is 11.8 Å². The second kappa shape index (κ2) is 12.1. The molecule has 8 nitrogen and oxygen atoms in total. The van der Waals surface area contributed by atoms with Gasteiger partial charge in [0.1, 0.15) is 5.75 Å². The predicted molar refractivity (Wildman–Crippen MR) is 132 cm³/mol. The van der Waals surface area contributed by atoms with Crippen molar-refractivity contribution in [2.45, 2.75) is 19.8 Å². The Bertz CT molecular complexity index is 942. The number of nitrogens with zero attached hydrogens (tertiary/aromatic N) is 2. The molecule has 1 heterocycles. The van der Waals surface area contributed by atoms with Gasteiger partial charge in [-0.15, -0.1) is 0 Å². The van der Waals surface area contributed by atoms with Gasteiger partial charge in [0.15, 0.2) is 0 Å². The molecular formula is C25H34N4O4. The van der Waals surface area contributed by atoms with Crippen LogP contribution in [0.3, 0.4) is 0 Å². The van der Waals surface area contributed by atoms with Gasteiger partial charge in [-0.05, 0) is 36.8 Å². The average molecular weight is 455 g/mol. The van der Waals surface area contributed by atoms with Gasteiger partial charge in [-0.3, -0.25) is 9.59 Å². The van der Waals surface area contributed by atoms with E-state index in [4.69, 9.17) is 9.47 Å². The molecule has 0 unspecified atom stereocenters. The molecule has 0 aromatic heterocycles. The van der Waals surface area contributed by atoms with Crippen molar-refractivity contribution in [2.75, 3.05) is 68.7 Å². The Balaban J connectivity index is 1.78. The summed E-state index contributed by atoms with van der Waals surface area (Å²) in [4.78, 5) is 29.6. The number of nitrogens with one attached hydrogen (secondary N) is 2. The van der Waals surface area contributed by atoms with E-state index in [1.54, 1.807) is 20.3 Å². The number of piperazine rings is 1. The molecular weight excluding hydrogens is 420 g/mol. The van der Waals surface area contributed by atoms with Crippen LogP contribution in [0.1, 0.15) is 30.1 Å². The molecule has 0 aliphatic carbocycles. The summed E-state index contributed by atoms with van der Waals surface area (Å²) < 4.78 is 10.6. The second-order valence-corrected chi connectivity index (χ2v) is 7.92. The fraction of sp³-hybridized carbons (Fsp3) is 0.440. The topological polar surface area (TPSA) is 83.1 Å². The maximum absolute atomic E-state index is 13.0. The number of anilines is 3. The molecule has 1 saturated heterocycles. The zero-order chi connectivity index (χ0) is 23.6. The molecule has 2 aromatic carbocycles. The van der Waals surface area contributed by atoms with Crippen molar-refractivity contribution in [2.24, 2.45) is 0 Å². The Morgan fingerprint density at radius 3 is 2.33 bits per heavy atom. The molecule has 0 atom stereocenters. The molecule has 3 rings (SSSR count). The molecule has 1 fully saturated rings. The van der Waals surface area contributed by atoms with E-state index in [0.717, 1.165) is 49.7 Å². The van der Waals surface area contributed by atoms with Crippen LogP contribution in [0.15, 0.2) is 42.5 Å². The van der Waals surface area contributed by atoms with Crippen molar-refractivity contribution in [3.8, 4) is 5.75 Å². The monoisotopic (exact) mass is 454 g/mol. The number of benzene rings is 2. The molecule has 178 valence electrons. The van der Waals surface area contributed by atoms with Crippen molar-refractivity contribution >= 4 is 28.9 Å². The smallest absolute Gasteiger partial charge is 0.253 e. The summed E-state index contributed by atoms with van der Waals surface area (Å²) in [5.74, 6) is 0.624. The van der Waals surface area contributed by atoms with E-state index in [2.05, 4.69) is 26.5 Å². The van der Waals surface area contributed by atoms with Crippen molar-refractivity contribution in [3.63, 3.8) is 0 Å². The minimum atomic E-state index is -0.180. The maximum Gasteiger partial charge on any atom is 0.253 e. The summed E-state index contributed by atoms with van der Waals surface area (Å²) in [5, 5.41) is 5.80.